The number of nitrogens with one attached hydrogen (secondary N) is 1. The fourth-order valence-corrected chi connectivity index (χ4v) is 3.99. The number of benzene rings is 2. The molecule has 2 aliphatic rings. The van der Waals surface area contributed by atoms with Crippen molar-refractivity contribution in [2.45, 2.75) is 25.3 Å². The molecule has 0 amide bonds. The predicted molar refractivity (Wildman–Crippen MR) is 95.3 cm³/mol. The molecule has 2 aromatic carbocycles. The molecule has 122 valence electrons. The molecule has 1 aliphatic heterocycles. The maximum absolute atomic E-state index is 11.6. The second-order valence-electron chi connectivity index (χ2n) is 6.68. The van der Waals surface area contributed by atoms with Crippen molar-refractivity contribution in [3.05, 3.63) is 76.9 Å². The van der Waals surface area contributed by atoms with Gasteiger partial charge in [-0.25, -0.2) is 4.79 Å². The summed E-state index contributed by atoms with van der Waals surface area (Å²) >= 11 is 0. The highest BCUT2D eigenvalue weighted by atomic mass is 16.5. The minimum atomic E-state index is -0.292. The summed E-state index contributed by atoms with van der Waals surface area (Å²) in [5.41, 5.74) is 5.73. The Morgan fingerprint density at radius 2 is 1.96 bits per heavy atom. The highest BCUT2D eigenvalue weighted by molar-refractivity contribution is 5.89. The van der Waals surface area contributed by atoms with Crippen LogP contribution in [0.4, 0.5) is 5.69 Å². The van der Waals surface area contributed by atoms with Crippen molar-refractivity contribution in [2.75, 3.05) is 12.4 Å². The van der Waals surface area contributed by atoms with E-state index in [9.17, 15) is 4.79 Å². The van der Waals surface area contributed by atoms with Gasteiger partial charge in [-0.05, 0) is 48.6 Å². The molecule has 3 unspecified atom stereocenters. The van der Waals surface area contributed by atoms with Crippen molar-refractivity contribution in [3.63, 3.8) is 0 Å². The van der Waals surface area contributed by atoms with Crippen LogP contribution in [0.25, 0.3) is 0 Å². The van der Waals surface area contributed by atoms with Crippen LogP contribution in [0.1, 0.15) is 45.4 Å². The summed E-state index contributed by atoms with van der Waals surface area (Å²) in [5, 5.41) is 3.72. The number of esters is 1. The molecule has 3 atom stereocenters. The van der Waals surface area contributed by atoms with Crippen LogP contribution in [-0.2, 0) is 4.74 Å². The fraction of sp³-hybridized carbons (Fsp3) is 0.286. The topological polar surface area (TPSA) is 38.3 Å². The molecule has 3 nitrogen and oxygen atoms in total. The molecule has 2 aromatic rings. The third kappa shape index (κ3) is 2.41. The van der Waals surface area contributed by atoms with E-state index in [0.717, 1.165) is 6.42 Å². The van der Waals surface area contributed by atoms with Gasteiger partial charge in [0.2, 0.25) is 0 Å². The standard InChI is InChI=1S/C21H21NO2/c1-13-6-11-19-18(12-13)16-4-3-5-17(16)20(22-19)14-7-9-15(10-8-14)21(23)24-2/h3-4,6-12,16-17,20,22H,5H2,1-2H3. The smallest absolute Gasteiger partial charge is 0.337 e. The van der Waals surface area contributed by atoms with E-state index in [1.165, 1.54) is 29.5 Å². The van der Waals surface area contributed by atoms with Crippen LogP contribution in [-0.4, -0.2) is 13.1 Å². The zero-order chi connectivity index (χ0) is 16.7. The van der Waals surface area contributed by atoms with Crippen LogP contribution < -0.4 is 5.32 Å². The summed E-state index contributed by atoms with van der Waals surface area (Å²) in [4.78, 5) is 11.6. The van der Waals surface area contributed by atoms with Gasteiger partial charge in [-0.15, -0.1) is 0 Å². The monoisotopic (exact) mass is 319 g/mol. The van der Waals surface area contributed by atoms with Gasteiger partial charge < -0.3 is 10.1 Å². The van der Waals surface area contributed by atoms with E-state index < -0.39 is 0 Å². The molecule has 1 aliphatic carbocycles. The third-order valence-corrected chi connectivity index (χ3v) is 5.21. The first-order valence-corrected chi connectivity index (χ1v) is 8.39. The number of hydrogen-bond acceptors (Lipinski definition) is 3. The highest BCUT2D eigenvalue weighted by Crippen LogP contribution is 2.49. The summed E-state index contributed by atoms with van der Waals surface area (Å²) in [6, 6.07) is 14.7. The molecule has 0 bridgehead atoms. The van der Waals surface area contributed by atoms with E-state index in [0.29, 0.717) is 17.4 Å². The van der Waals surface area contributed by atoms with Crippen molar-refractivity contribution in [2.24, 2.45) is 5.92 Å². The lowest BCUT2D eigenvalue weighted by molar-refractivity contribution is 0.0600. The second kappa shape index (κ2) is 5.82. The van der Waals surface area contributed by atoms with Gasteiger partial charge >= 0.3 is 5.97 Å². The third-order valence-electron chi connectivity index (χ3n) is 5.21. The van der Waals surface area contributed by atoms with Crippen molar-refractivity contribution < 1.29 is 9.53 Å². The van der Waals surface area contributed by atoms with Crippen molar-refractivity contribution in [1.82, 2.24) is 0 Å². The summed E-state index contributed by atoms with van der Waals surface area (Å²) < 4.78 is 4.78. The number of carbonyl (C=O) groups is 1. The lowest BCUT2D eigenvalue weighted by Gasteiger charge is -2.37. The van der Waals surface area contributed by atoms with E-state index in [2.05, 4.69) is 42.6 Å². The van der Waals surface area contributed by atoms with Crippen LogP contribution >= 0.6 is 0 Å². The first-order chi connectivity index (χ1) is 11.7. The Bertz CT molecular complexity index is 807. The quantitative estimate of drug-likeness (QED) is 0.649. The van der Waals surface area contributed by atoms with Crippen molar-refractivity contribution in [3.8, 4) is 0 Å². The Morgan fingerprint density at radius 3 is 2.71 bits per heavy atom. The van der Waals surface area contributed by atoms with Crippen LogP contribution in [0.15, 0.2) is 54.6 Å². The van der Waals surface area contributed by atoms with Crippen LogP contribution in [0.3, 0.4) is 0 Å². The van der Waals surface area contributed by atoms with Gasteiger partial charge in [-0.2, -0.15) is 0 Å². The number of hydrogen-bond donors (Lipinski definition) is 1. The molecule has 1 heterocycles. The number of fused-ring (bicyclic) bond motifs is 3. The second-order valence-corrected chi connectivity index (χ2v) is 6.68. The lowest BCUT2D eigenvalue weighted by atomic mass is 9.76. The summed E-state index contributed by atoms with van der Waals surface area (Å²) in [6.45, 7) is 2.14. The van der Waals surface area contributed by atoms with Gasteiger partial charge in [-0.1, -0.05) is 42.0 Å². The van der Waals surface area contributed by atoms with Crippen LogP contribution in [0.2, 0.25) is 0 Å². The maximum Gasteiger partial charge on any atom is 0.337 e. The number of aryl methyl sites for hydroxylation is 1. The Labute approximate surface area is 142 Å². The zero-order valence-corrected chi connectivity index (χ0v) is 14.0. The molecule has 24 heavy (non-hydrogen) atoms. The average molecular weight is 319 g/mol. The van der Waals surface area contributed by atoms with Crippen LogP contribution in [0.5, 0.6) is 0 Å². The molecule has 0 spiro atoms. The SMILES string of the molecule is COC(=O)c1ccc(C2Nc3ccc(C)cc3C3C=CCC32)cc1. The molecule has 0 fully saturated rings. The zero-order valence-electron chi connectivity index (χ0n) is 14.0. The minimum Gasteiger partial charge on any atom is -0.465 e. The molecule has 3 heteroatoms. The first kappa shape index (κ1) is 15.0. The number of allylic oxidation sites excluding steroid dienone is 2. The average Bonchev–Trinajstić information content (AvgIpc) is 3.11. The highest BCUT2D eigenvalue weighted by Gasteiger charge is 2.37. The first-order valence-electron chi connectivity index (χ1n) is 8.39. The van der Waals surface area contributed by atoms with Gasteiger partial charge in [0.05, 0.1) is 18.7 Å². The van der Waals surface area contributed by atoms with Crippen LogP contribution in [0, 0.1) is 12.8 Å². The minimum absolute atomic E-state index is 0.256. The van der Waals surface area contributed by atoms with Gasteiger partial charge in [-0.3, -0.25) is 0 Å². The molecule has 0 aromatic heterocycles. The van der Waals surface area contributed by atoms with E-state index >= 15 is 0 Å². The van der Waals surface area contributed by atoms with Crippen molar-refractivity contribution in [1.29, 1.82) is 0 Å². The number of methoxy groups -OCH3 is 1. The Morgan fingerprint density at radius 1 is 1.17 bits per heavy atom. The Hall–Kier alpha value is -2.55. The molecular formula is C21H21NO2. The number of ether oxygens (including phenoxy) is 1. The summed E-state index contributed by atoms with van der Waals surface area (Å²) in [5.74, 6) is 0.689. The Balaban J connectivity index is 1.69. The predicted octanol–water partition coefficient (Wildman–Crippen LogP) is 4.61. The van der Waals surface area contributed by atoms with Gasteiger partial charge in [0.1, 0.15) is 0 Å². The number of rotatable bonds is 2. The van der Waals surface area contributed by atoms with Crippen molar-refractivity contribution >= 4 is 11.7 Å². The Kier molecular flexibility index (Phi) is 3.64. The maximum atomic E-state index is 11.6. The summed E-state index contributed by atoms with van der Waals surface area (Å²) in [6.07, 6.45) is 5.72. The molecule has 0 saturated heterocycles. The molecular weight excluding hydrogens is 298 g/mol. The van der Waals surface area contributed by atoms with Gasteiger partial charge in [0.15, 0.2) is 0 Å². The van der Waals surface area contributed by atoms with E-state index in [1.807, 2.05) is 24.3 Å². The van der Waals surface area contributed by atoms with Gasteiger partial charge in [0, 0.05) is 11.6 Å². The largest absolute Gasteiger partial charge is 0.465 e. The van der Waals surface area contributed by atoms with E-state index in [4.69, 9.17) is 4.74 Å². The van der Waals surface area contributed by atoms with E-state index in [1.54, 1.807) is 0 Å². The molecule has 0 saturated carbocycles. The van der Waals surface area contributed by atoms with Gasteiger partial charge in [0.25, 0.3) is 0 Å². The summed E-state index contributed by atoms with van der Waals surface area (Å²) in [7, 11) is 1.41. The lowest BCUT2D eigenvalue weighted by Crippen LogP contribution is -2.29. The fourth-order valence-electron chi connectivity index (χ4n) is 3.99. The van der Waals surface area contributed by atoms with E-state index in [-0.39, 0.29) is 12.0 Å². The molecule has 1 N–H and O–H groups in total. The number of anilines is 1. The normalized spacial score (nSPS) is 24.0. The molecule has 0 radical (unpaired) electrons. The molecule has 4 rings (SSSR count). The number of carbonyl (C=O) groups excluding carboxylic acids is 1.